The molecule has 0 aliphatic carbocycles. The number of aromatic nitrogens is 1. The predicted molar refractivity (Wildman–Crippen MR) is 142 cm³/mol. The summed E-state index contributed by atoms with van der Waals surface area (Å²) in [6.07, 6.45) is 0.275. The minimum absolute atomic E-state index is 0.0188. The van der Waals surface area contributed by atoms with Gasteiger partial charge in [-0.25, -0.2) is 0 Å². The number of benzene rings is 2. The maximum absolute atomic E-state index is 10.8. The van der Waals surface area contributed by atoms with Crippen LogP contribution in [0.3, 0.4) is 0 Å². The van der Waals surface area contributed by atoms with Crippen LogP contribution >= 0.6 is 23.2 Å². The van der Waals surface area contributed by atoms with E-state index < -0.39 is 12.2 Å². The number of piperazine rings is 1. The number of anilines is 1. The first-order chi connectivity index (χ1) is 17.3. The normalized spacial score (nSPS) is 18.2. The lowest BCUT2D eigenvalue weighted by Crippen LogP contribution is -2.49. The molecular weight excluding hydrogens is 501 g/mol. The van der Waals surface area contributed by atoms with Gasteiger partial charge in [0.25, 0.3) is 0 Å². The predicted octanol–water partition coefficient (Wildman–Crippen LogP) is 4.24. The highest BCUT2D eigenvalue weighted by Gasteiger charge is 2.31. The zero-order valence-corrected chi connectivity index (χ0v) is 21.6. The lowest BCUT2D eigenvalue weighted by atomic mass is 10.0. The SMILES string of the molecule is C[C@H](O)COc1ccc(N2CCN(C[C@@H](O)c3ccc(CO)cn3)C[C@H]2c2ccc(Cl)cc2)c(Cl)c1. The highest BCUT2D eigenvalue weighted by Crippen LogP contribution is 2.37. The molecule has 1 aliphatic rings. The summed E-state index contributed by atoms with van der Waals surface area (Å²) in [6, 6.07) is 16.9. The molecule has 36 heavy (non-hydrogen) atoms. The Morgan fingerprint density at radius 3 is 2.47 bits per heavy atom. The van der Waals surface area contributed by atoms with Gasteiger partial charge in [0, 0.05) is 43.5 Å². The Bertz CT molecular complexity index is 1130. The van der Waals surface area contributed by atoms with E-state index in [0.717, 1.165) is 17.8 Å². The molecule has 2 heterocycles. The molecule has 0 saturated carbocycles. The van der Waals surface area contributed by atoms with Crippen molar-refractivity contribution in [3.05, 3.63) is 87.7 Å². The van der Waals surface area contributed by atoms with Crippen molar-refractivity contribution in [2.75, 3.05) is 37.7 Å². The van der Waals surface area contributed by atoms with E-state index in [1.165, 1.54) is 0 Å². The molecule has 2 aromatic carbocycles. The number of hydrogen-bond acceptors (Lipinski definition) is 7. The fourth-order valence-electron chi connectivity index (χ4n) is 4.36. The lowest BCUT2D eigenvalue weighted by Gasteiger charge is -2.44. The molecule has 4 rings (SSSR count). The van der Waals surface area contributed by atoms with Gasteiger partial charge < -0.3 is 25.0 Å². The summed E-state index contributed by atoms with van der Waals surface area (Å²) < 4.78 is 5.61. The second-order valence-electron chi connectivity index (χ2n) is 9.06. The van der Waals surface area contributed by atoms with Gasteiger partial charge in [0.15, 0.2) is 0 Å². The van der Waals surface area contributed by atoms with Crippen molar-refractivity contribution in [1.82, 2.24) is 9.88 Å². The van der Waals surface area contributed by atoms with Crippen molar-refractivity contribution < 1.29 is 20.1 Å². The van der Waals surface area contributed by atoms with Gasteiger partial charge in [-0.15, -0.1) is 0 Å². The van der Waals surface area contributed by atoms with Crippen LogP contribution in [0.4, 0.5) is 5.69 Å². The molecule has 192 valence electrons. The Kier molecular flexibility index (Phi) is 9.06. The van der Waals surface area contributed by atoms with Gasteiger partial charge >= 0.3 is 0 Å². The second kappa shape index (κ2) is 12.2. The van der Waals surface area contributed by atoms with Gasteiger partial charge in [-0.3, -0.25) is 9.88 Å². The average Bonchev–Trinajstić information content (AvgIpc) is 2.88. The maximum atomic E-state index is 10.8. The first-order valence-corrected chi connectivity index (χ1v) is 12.7. The number of β-amino-alcohol motifs (C(OH)–C–C–N with tert-alkyl or cyclic N) is 1. The molecule has 3 N–H and O–H groups in total. The topological polar surface area (TPSA) is 89.3 Å². The van der Waals surface area contributed by atoms with E-state index in [1.54, 1.807) is 31.3 Å². The van der Waals surface area contributed by atoms with Gasteiger partial charge in [-0.05, 0) is 48.4 Å². The third kappa shape index (κ3) is 6.68. The first kappa shape index (κ1) is 26.7. The van der Waals surface area contributed by atoms with Crippen molar-refractivity contribution in [2.45, 2.75) is 31.8 Å². The smallest absolute Gasteiger partial charge is 0.121 e. The Hall–Kier alpha value is -2.39. The van der Waals surface area contributed by atoms with Crippen molar-refractivity contribution in [1.29, 1.82) is 0 Å². The number of aliphatic hydroxyl groups excluding tert-OH is 3. The third-order valence-electron chi connectivity index (χ3n) is 6.24. The monoisotopic (exact) mass is 531 g/mol. The number of pyridine rings is 1. The molecule has 3 aromatic rings. The van der Waals surface area contributed by atoms with E-state index in [1.807, 2.05) is 36.4 Å². The highest BCUT2D eigenvalue weighted by molar-refractivity contribution is 6.33. The van der Waals surface area contributed by atoms with Crippen LogP contribution in [0, 0.1) is 0 Å². The Morgan fingerprint density at radius 1 is 1.06 bits per heavy atom. The molecule has 0 amide bonds. The summed E-state index contributed by atoms with van der Waals surface area (Å²) >= 11 is 12.8. The molecule has 0 bridgehead atoms. The number of nitrogens with zero attached hydrogens (tertiary/aromatic N) is 3. The quantitative estimate of drug-likeness (QED) is 0.380. The standard InChI is InChI=1S/C27H31Cl2N3O4/c1-18(34)17-36-22-7-9-25(23(29)12-22)32-11-10-31(14-26(32)20-3-5-21(28)6-4-20)15-27(35)24-8-2-19(16-33)13-30-24/h2-9,12-13,18,26-27,33-35H,10-11,14-17H2,1H3/t18-,26-,27+/m0/s1. The maximum Gasteiger partial charge on any atom is 0.121 e. The average molecular weight is 532 g/mol. The molecule has 1 saturated heterocycles. The minimum atomic E-state index is -0.746. The molecule has 7 nitrogen and oxygen atoms in total. The molecule has 3 atom stereocenters. The summed E-state index contributed by atoms with van der Waals surface area (Å²) in [5, 5.41) is 30.8. The van der Waals surface area contributed by atoms with Gasteiger partial charge in [-0.2, -0.15) is 0 Å². The second-order valence-corrected chi connectivity index (χ2v) is 9.90. The highest BCUT2D eigenvalue weighted by atomic mass is 35.5. The van der Waals surface area contributed by atoms with E-state index in [0.29, 0.717) is 46.7 Å². The zero-order valence-electron chi connectivity index (χ0n) is 20.1. The lowest BCUT2D eigenvalue weighted by molar-refractivity contribution is 0.0975. The van der Waals surface area contributed by atoms with Crippen molar-refractivity contribution in [3.63, 3.8) is 0 Å². The van der Waals surface area contributed by atoms with Crippen molar-refractivity contribution in [3.8, 4) is 5.75 Å². The molecule has 0 unspecified atom stereocenters. The van der Waals surface area contributed by atoms with Gasteiger partial charge in [0.1, 0.15) is 18.5 Å². The largest absolute Gasteiger partial charge is 0.491 e. The van der Waals surface area contributed by atoms with Crippen LogP contribution in [-0.4, -0.2) is 64.1 Å². The number of aliphatic hydroxyl groups is 3. The molecule has 0 radical (unpaired) electrons. The summed E-state index contributed by atoms with van der Waals surface area (Å²) in [4.78, 5) is 8.79. The third-order valence-corrected chi connectivity index (χ3v) is 6.80. The number of rotatable bonds is 9. The van der Waals surface area contributed by atoms with Crippen LogP contribution in [-0.2, 0) is 6.61 Å². The van der Waals surface area contributed by atoms with Crippen molar-refractivity contribution >= 4 is 28.9 Å². The summed E-state index contributed by atoms with van der Waals surface area (Å²) in [6.45, 7) is 4.32. The zero-order chi connectivity index (χ0) is 25.7. The van der Waals surface area contributed by atoms with Gasteiger partial charge in [-0.1, -0.05) is 41.4 Å². The minimum Gasteiger partial charge on any atom is -0.491 e. The fourth-order valence-corrected chi connectivity index (χ4v) is 4.76. The van der Waals surface area contributed by atoms with E-state index >= 15 is 0 Å². The van der Waals surface area contributed by atoms with Crippen LogP contribution in [0.2, 0.25) is 10.0 Å². The summed E-state index contributed by atoms with van der Waals surface area (Å²) in [7, 11) is 0. The molecule has 9 heteroatoms. The van der Waals surface area contributed by atoms with E-state index in [4.69, 9.17) is 27.9 Å². The van der Waals surface area contributed by atoms with Crippen LogP contribution < -0.4 is 9.64 Å². The number of ether oxygens (including phenoxy) is 1. The van der Waals surface area contributed by atoms with Gasteiger partial charge in [0.05, 0.1) is 35.2 Å². The van der Waals surface area contributed by atoms with Crippen LogP contribution in [0.25, 0.3) is 0 Å². The summed E-state index contributed by atoms with van der Waals surface area (Å²) in [5.41, 5.74) is 3.27. The van der Waals surface area contributed by atoms with Crippen LogP contribution in [0.15, 0.2) is 60.8 Å². The number of hydrogen-bond donors (Lipinski definition) is 3. The number of halogens is 2. The van der Waals surface area contributed by atoms with Crippen molar-refractivity contribution in [2.24, 2.45) is 0 Å². The van der Waals surface area contributed by atoms with Crippen LogP contribution in [0.1, 0.15) is 35.9 Å². The van der Waals surface area contributed by atoms with E-state index in [9.17, 15) is 15.3 Å². The van der Waals surface area contributed by atoms with E-state index in [-0.39, 0.29) is 19.3 Å². The molecule has 1 aromatic heterocycles. The fraction of sp³-hybridized carbons (Fsp3) is 0.370. The molecule has 0 spiro atoms. The Morgan fingerprint density at radius 2 is 1.83 bits per heavy atom. The Labute approximate surface area is 221 Å². The van der Waals surface area contributed by atoms with Crippen LogP contribution in [0.5, 0.6) is 5.75 Å². The Balaban J connectivity index is 1.53. The molecule has 1 fully saturated rings. The molecular formula is C27H31Cl2N3O4. The first-order valence-electron chi connectivity index (χ1n) is 11.9. The van der Waals surface area contributed by atoms with E-state index in [2.05, 4.69) is 14.8 Å². The molecule has 1 aliphatic heterocycles. The van der Waals surface area contributed by atoms with Gasteiger partial charge in [0.2, 0.25) is 0 Å². The summed E-state index contributed by atoms with van der Waals surface area (Å²) in [5.74, 6) is 0.606.